The van der Waals surface area contributed by atoms with Gasteiger partial charge in [0, 0.05) is 26.2 Å². The number of ether oxygens (including phenoxy) is 2. The quantitative estimate of drug-likeness (QED) is 0.631. The van der Waals surface area contributed by atoms with Gasteiger partial charge in [-0.1, -0.05) is 6.07 Å². The van der Waals surface area contributed by atoms with E-state index in [4.69, 9.17) is 9.47 Å². The first kappa shape index (κ1) is 22.2. The fraction of sp³-hybridized carbons (Fsp3) is 0.619. The number of methoxy groups -OCH3 is 2. The van der Waals surface area contributed by atoms with Crippen LogP contribution < -0.4 is 15.4 Å². The second-order valence-corrected chi connectivity index (χ2v) is 7.32. The Morgan fingerprint density at radius 2 is 1.96 bits per heavy atom. The van der Waals surface area contributed by atoms with Gasteiger partial charge >= 0.3 is 0 Å². The molecule has 1 unspecified atom stereocenters. The molecule has 1 heterocycles. The first-order chi connectivity index (χ1) is 13.5. The summed E-state index contributed by atoms with van der Waals surface area (Å²) in [5, 5.41) is 5.95. The molecule has 0 bridgehead atoms. The maximum atomic E-state index is 12.7. The Kier molecular flexibility index (Phi) is 8.73. The number of nitrogens with one attached hydrogen (secondary N) is 2. The molecule has 7 heteroatoms. The summed E-state index contributed by atoms with van der Waals surface area (Å²) in [5.41, 5.74) is 1.74. The summed E-state index contributed by atoms with van der Waals surface area (Å²) < 4.78 is 10.3. The Bertz CT molecular complexity index is 657. The first-order valence-corrected chi connectivity index (χ1v) is 9.92. The van der Waals surface area contributed by atoms with Crippen LogP contribution in [0.5, 0.6) is 5.75 Å². The molecule has 1 aromatic carbocycles. The van der Waals surface area contributed by atoms with Gasteiger partial charge in [0.2, 0.25) is 11.8 Å². The topological polar surface area (TPSA) is 79.9 Å². The number of anilines is 1. The van der Waals surface area contributed by atoms with Crippen LogP contribution in [0.25, 0.3) is 0 Å². The average Bonchev–Trinajstić information content (AvgIpc) is 2.70. The third-order valence-electron chi connectivity index (χ3n) is 5.26. The van der Waals surface area contributed by atoms with Crippen molar-refractivity contribution < 1.29 is 19.1 Å². The van der Waals surface area contributed by atoms with Crippen LogP contribution in [0, 0.1) is 12.8 Å². The second-order valence-electron chi connectivity index (χ2n) is 7.32. The molecule has 7 nitrogen and oxygen atoms in total. The lowest BCUT2D eigenvalue weighted by Gasteiger charge is -2.34. The lowest BCUT2D eigenvalue weighted by molar-refractivity contribution is -0.127. The summed E-state index contributed by atoms with van der Waals surface area (Å²) in [5.74, 6) is 0.713. The van der Waals surface area contributed by atoms with E-state index in [1.807, 2.05) is 32.0 Å². The van der Waals surface area contributed by atoms with E-state index in [9.17, 15) is 9.59 Å². The molecule has 1 aliphatic rings. The van der Waals surface area contributed by atoms with Crippen molar-refractivity contribution in [1.82, 2.24) is 10.2 Å². The summed E-state index contributed by atoms with van der Waals surface area (Å²) in [6, 6.07) is 5.44. The molecule has 0 aromatic heterocycles. The normalized spacial score (nSPS) is 16.4. The first-order valence-electron chi connectivity index (χ1n) is 9.92. The van der Waals surface area contributed by atoms with Crippen LogP contribution in [0.1, 0.15) is 31.7 Å². The van der Waals surface area contributed by atoms with Crippen molar-refractivity contribution in [3.05, 3.63) is 23.8 Å². The summed E-state index contributed by atoms with van der Waals surface area (Å²) in [6.45, 7) is 6.64. The fourth-order valence-electron chi connectivity index (χ4n) is 3.44. The second kappa shape index (κ2) is 11.0. The molecule has 28 heavy (non-hydrogen) atoms. The molecule has 1 saturated heterocycles. The van der Waals surface area contributed by atoms with Crippen LogP contribution >= 0.6 is 0 Å². The van der Waals surface area contributed by atoms with E-state index < -0.39 is 0 Å². The lowest BCUT2D eigenvalue weighted by atomic mass is 9.95. The van der Waals surface area contributed by atoms with E-state index >= 15 is 0 Å². The number of nitrogens with zero attached hydrogens (tertiary/aromatic N) is 1. The summed E-state index contributed by atoms with van der Waals surface area (Å²) >= 11 is 0. The minimum Gasteiger partial charge on any atom is -0.495 e. The van der Waals surface area contributed by atoms with E-state index in [1.54, 1.807) is 14.2 Å². The van der Waals surface area contributed by atoms with E-state index in [2.05, 4.69) is 15.5 Å². The van der Waals surface area contributed by atoms with Gasteiger partial charge in [0.25, 0.3) is 0 Å². The zero-order valence-corrected chi connectivity index (χ0v) is 17.4. The highest BCUT2D eigenvalue weighted by Crippen LogP contribution is 2.26. The highest BCUT2D eigenvalue weighted by Gasteiger charge is 2.29. The van der Waals surface area contributed by atoms with Crippen molar-refractivity contribution >= 4 is 17.5 Å². The largest absolute Gasteiger partial charge is 0.495 e. The zero-order valence-electron chi connectivity index (χ0n) is 17.4. The van der Waals surface area contributed by atoms with Crippen molar-refractivity contribution in [2.24, 2.45) is 5.92 Å². The summed E-state index contributed by atoms with van der Waals surface area (Å²) in [6.07, 6.45) is 2.35. The SMILES string of the molecule is COCCCNC(=O)C1CCN(C(C)C(=O)Nc2cc(C)ccc2OC)CC1. The molecule has 0 radical (unpaired) electrons. The fourth-order valence-corrected chi connectivity index (χ4v) is 3.44. The van der Waals surface area contributed by atoms with Gasteiger partial charge in [0.1, 0.15) is 5.75 Å². The molecule has 2 rings (SSSR count). The maximum absolute atomic E-state index is 12.7. The Labute approximate surface area is 167 Å². The number of piperidine rings is 1. The van der Waals surface area contributed by atoms with Crippen LogP contribution in [-0.4, -0.2) is 63.2 Å². The van der Waals surface area contributed by atoms with Crippen LogP contribution in [0.3, 0.4) is 0 Å². The summed E-state index contributed by atoms with van der Waals surface area (Å²) in [7, 11) is 3.25. The molecule has 1 atom stereocenters. The van der Waals surface area contributed by atoms with Gasteiger partial charge in [-0.25, -0.2) is 0 Å². The van der Waals surface area contributed by atoms with Gasteiger partial charge in [-0.15, -0.1) is 0 Å². The molecule has 0 spiro atoms. The van der Waals surface area contributed by atoms with Crippen molar-refractivity contribution in [3.63, 3.8) is 0 Å². The highest BCUT2D eigenvalue weighted by atomic mass is 16.5. The number of carbonyl (C=O) groups is 2. The van der Waals surface area contributed by atoms with Gasteiger partial charge in [0.15, 0.2) is 0 Å². The van der Waals surface area contributed by atoms with Crippen molar-refractivity contribution in [2.75, 3.05) is 45.8 Å². The van der Waals surface area contributed by atoms with Gasteiger partial charge in [0.05, 0.1) is 18.8 Å². The molecule has 0 saturated carbocycles. The standard InChI is InChI=1S/C21H33N3O4/c1-15-6-7-19(28-4)18(14-15)23-20(25)16(2)24-11-8-17(9-12-24)21(26)22-10-5-13-27-3/h6-7,14,16-17H,5,8-13H2,1-4H3,(H,22,26)(H,23,25). The number of hydrogen-bond donors (Lipinski definition) is 2. The van der Waals surface area contributed by atoms with Crippen molar-refractivity contribution in [2.45, 2.75) is 39.2 Å². The maximum Gasteiger partial charge on any atom is 0.241 e. The van der Waals surface area contributed by atoms with Crippen LogP contribution in [0.4, 0.5) is 5.69 Å². The van der Waals surface area contributed by atoms with Gasteiger partial charge in [-0.3, -0.25) is 14.5 Å². The predicted molar refractivity (Wildman–Crippen MR) is 110 cm³/mol. The van der Waals surface area contributed by atoms with Gasteiger partial charge in [-0.2, -0.15) is 0 Å². The molecular weight excluding hydrogens is 358 g/mol. The number of aryl methyl sites for hydroxylation is 1. The number of benzene rings is 1. The molecule has 156 valence electrons. The molecule has 2 N–H and O–H groups in total. The van der Waals surface area contributed by atoms with Gasteiger partial charge < -0.3 is 20.1 Å². The predicted octanol–water partition coefficient (Wildman–Crippen LogP) is 2.20. The van der Waals surface area contributed by atoms with Crippen LogP contribution in [-0.2, 0) is 14.3 Å². The molecule has 1 fully saturated rings. The molecule has 0 aliphatic carbocycles. The minimum atomic E-state index is -0.268. The Hall–Kier alpha value is -2.12. The number of rotatable bonds is 9. The smallest absolute Gasteiger partial charge is 0.241 e. The van der Waals surface area contributed by atoms with Gasteiger partial charge in [-0.05, 0) is 63.9 Å². The van der Waals surface area contributed by atoms with E-state index in [0.717, 1.165) is 37.9 Å². The zero-order chi connectivity index (χ0) is 20.5. The Balaban J connectivity index is 1.82. The van der Waals surface area contributed by atoms with Crippen molar-refractivity contribution in [1.29, 1.82) is 0 Å². The molecule has 2 amide bonds. The monoisotopic (exact) mass is 391 g/mol. The average molecular weight is 392 g/mol. The van der Waals surface area contributed by atoms with E-state index in [0.29, 0.717) is 24.6 Å². The molecule has 1 aromatic rings. The van der Waals surface area contributed by atoms with Crippen LogP contribution in [0.15, 0.2) is 18.2 Å². The summed E-state index contributed by atoms with van der Waals surface area (Å²) in [4.78, 5) is 27.1. The van der Waals surface area contributed by atoms with E-state index in [1.165, 1.54) is 0 Å². The Morgan fingerprint density at radius 1 is 1.25 bits per heavy atom. The van der Waals surface area contributed by atoms with Crippen LogP contribution in [0.2, 0.25) is 0 Å². The third-order valence-corrected chi connectivity index (χ3v) is 5.26. The molecular formula is C21H33N3O4. The van der Waals surface area contributed by atoms with E-state index in [-0.39, 0.29) is 23.8 Å². The number of amides is 2. The minimum absolute atomic E-state index is 0.0194. The molecule has 1 aliphatic heterocycles. The Morgan fingerprint density at radius 3 is 2.61 bits per heavy atom. The number of hydrogen-bond acceptors (Lipinski definition) is 5. The highest BCUT2D eigenvalue weighted by molar-refractivity contribution is 5.96. The van der Waals surface area contributed by atoms with Crippen molar-refractivity contribution in [3.8, 4) is 5.75 Å². The number of likely N-dealkylation sites (tertiary alicyclic amines) is 1. The lowest BCUT2D eigenvalue weighted by Crippen LogP contribution is -2.48. The third kappa shape index (κ3) is 6.21. The number of carbonyl (C=O) groups excluding carboxylic acids is 2.